The number of nitrogens with zero attached hydrogens (tertiary/aromatic N) is 1. The van der Waals surface area contributed by atoms with Gasteiger partial charge < -0.3 is 4.90 Å². The lowest BCUT2D eigenvalue weighted by molar-refractivity contribution is -0.130. The Hall–Kier alpha value is -1.32. The number of aryl methyl sites for hydroxylation is 1. The molecule has 2 aromatic rings. The van der Waals surface area contributed by atoms with E-state index in [1.807, 2.05) is 55.6 Å². The van der Waals surface area contributed by atoms with Crippen LogP contribution in [0.5, 0.6) is 0 Å². The largest absolute Gasteiger partial charge is 0.341 e. The maximum Gasteiger partial charge on any atom is 0.222 e. The summed E-state index contributed by atoms with van der Waals surface area (Å²) in [7, 11) is 1.83. The molecule has 110 valence electrons. The third-order valence-electron chi connectivity index (χ3n) is 3.28. The van der Waals surface area contributed by atoms with Crippen LogP contribution in [-0.2, 0) is 17.8 Å². The molecule has 1 amide bonds. The summed E-state index contributed by atoms with van der Waals surface area (Å²) in [6.07, 6.45) is 1.27. The zero-order valence-corrected chi connectivity index (χ0v) is 14.2. The van der Waals surface area contributed by atoms with Gasteiger partial charge in [0.15, 0.2) is 0 Å². The van der Waals surface area contributed by atoms with E-state index in [0.29, 0.717) is 18.0 Å². The number of hydrogen-bond acceptors (Lipinski definition) is 1. The summed E-state index contributed by atoms with van der Waals surface area (Å²) >= 11 is 9.30. The topological polar surface area (TPSA) is 20.3 Å². The minimum atomic E-state index is 0.143. The standard InChI is InChI=1S/C17H17BrClNO/c1-20(12-14-5-8-16(19)9-6-14)17(21)10-7-13-3-2-4-15(18)11-13/h2-6,8-9,11H,7,10,12H2,1H3. The Kier molecular flexibility index (Phi) is 5.83. The van der Waals surface area contributed by atoms with Gasteiger partial charge in [0.05, 0.1) is 0 Å². The molecule has 4 heteroatoms. The summed E-state index contributed by atoms with van der Waals surface area (Å²) in [6.45, 7) is 0.606. The van der Waals surface area contributed by atoms with Gasteiger partial charge in [-0.05, 0) is 41.8 Å². The molecule has 0 bridgehead atoms. The molecular weight excluding hydrogens is 350 g/mol. The zero-order valence-electron chi connectivity index (χ0n) is 11.9. The van der Waals surface area contributed by atoms with Gasteiger partial charge in [0.1, 0.15) is 0 Å². The van der Waals surface area contributed by atoms with Gasteiger partial charge in [-0.25, -0.2) is 0 Å². The van der Waals surface area contributed by atoms with Crippen LogP contribution in [-0.4, -0.2) is 17.9 Å². The number of benzene rings is 2. The molecule has 0 atom stereocenters. The lowest BCUT2D eigenvalue weighted by Gasteiger charge is -2.17. The van der Waals surface area contributed by atoms with Crippen LogP contribution >= 0.6 is 27.5 Å². The van der Waals surface area contributed by atoms with E-state index in [9.17, 15) is 4.79 Å². The van der Waals surface area contributed by atoms with Crippen molar-refractivity contribution in [2.45, 2.75) is 19.4 Å². The Balaban J connectivity index is 1.86. The highest BCUT2D eigenvalue weighted by atomic mass is 79.9. The van der Waals surface area contributed by atoms with E-state index in [1.165, 1.54) is 0 Å². The van der Waals surface area contributed by atoms with Crippen molar-refractivity contribution >= 4 is 33.4 Å². The van der Waals surface area contributed by atoms with Gasteiger partial charge >= 0.3 is 0 Å². The van der Waals surface area contributed by atoms with Gasteiger partial charge in [0, 0.05) is 29.5 Å². The monoisotopic (exact) mass is 365 g/mol. The van der Waals surface area contributed by atoms with Gasteiger partial charge in [0.2, 0.25) is 5.91 Å². The van der Waals surface area contributed by atoms with E-state index in [1.54, 1.807) is 4.90 Å². The summed E-state index contributed by atoms with van der Waals surface area (Å²) in [6, 6.07) is 15.6. The predicted octanol–water partition coefficient (Wildman–Crippen LogP) is 4.69. The molecule has 2 rings (SSSR count). The third-order valence-corrected chi connectivity index (χ3v) is 4.02. The molecule has 0 radical (unpaired) electrons. The molecule has 0 aliphatic heterocycles. The Morgan fingerprint density at radius 3 is 2.52 bits per heavy atom. The zero-order chi connectivity index (χ0) is 15.2. The molecular formula is C17H17BrClNO. The van der Waals surface area contributed by atoms with E-state index >= 15 is 0 Å². The SMILES string of the molecule is CN(Cc1ccc(Cl)cc1)C(=O)CCc1cccc(Br)c1. The van der Waals surface area contributed by atoms with Crippen LogP contribution in [0.4, 0.5) is 0 Å². The van der Waals surface area contributed by atoms with Crippen molar-refractivity contribution in [2.24, 2.45) is 0 Å². The molecule has 0 saturated heterocycles. The van der Waals surface area contributed by atoms with Crippen LogP contribution in [0.2, 0.25) is 5.02 Å². The number of rotatable bonds is 5. The third kappa shape index (κ3) is 5.18. The summed E-state index contributed by atoms with van der Waals surface area (Å²) in [5.74, 6) is 0.143. The highest BCUT2D eigenvalue weighted by molar-refractivity contribution is 9.10. The van der Waals surface area contributed by atoms with Gasteiger partial charge in [-0.15, -0.1) is 0 Å². The minimum Gasteiger partial charge on any atom is -0.341 e. The first-order chi connectivity index (χ1) is 10.0. The lowest BCUT2D eigenvalue weighted by atomic mass is 10.1. The van der Waals surface area contributed by atoms with Crippen LogP contribution in [0.1, 0.15) is 17.5 Å². The summed E-state index contributed by atoms with van der Waals surface area (Å²) in [4.78, 5) is 13.9. The number of carbonyl (C=O) groups is 1. The van der Waals surface area contributed by atoms with Crippen LogP contribution < -0.4 is 0 Å². The van der Waals surface area contributed by atoms with Crippen molar-refractivity contribution < 1.29 is 4.79 Å². The van der Waals surface area contributed by atoms with Crippen molar-refractivity contribution in [3.05, 3.63) is 69.2 Å². The van der Waals surface area contributed by atoms with Crippen LogP contribution in [0.3, 0.4) is 0 Å². The average molecular weight is 367 g/mol. The van der Waals surface area contributed by atoms with Crippen molar-refractivity contribution in [1.29, 1.82) is 0 Å². The average Bonchev–Trinajstić information content (AvgIpc) is 2.47. The Labute approximate surface area is 138 Å². The van der Waals surface area contributed by atoms with Gasteiger partial charge in [-0.1, -0.05) is 51.8 Å². The van der Waals surface area contributed by atoms with Crippen molar-refractivity contribution in [2.75, 3.05) is 7.05 Å². The molecule has 21 heavy (non-hydrogen) atoms. The van der Waals surface area contributed by atoms with E-state index in [2.05, 4.69) is 15.9 Å². The minimum absolute atomic E-state index is 0.143. The number of carbonyl (C=O) groups excluding carboxylic acids is 1. The fraction of sp³-hybridized carbons (Fsp3) is 0.235. The Morgan fingerprint density at radius 1 is 1.14 bits per heavy atom. The number of hydrogen-bond donors (Lipinski definition) is 0. The molecule has 2 aromatic carbocycles. The van der Waals surface area contributed by atoms with E-state index in [4.69, 9.17) is 11.6 Å². The van der Waals surface area contributed by atoms with Crippen LogP contribution in [0, 0.1) is 0 Å². The Bertz CT molecular complexity index is 612. The first-order valence-corrected chi connectivity index (χ1v) is 7.94. The van der Waals surface area contributed by atoms with Crippen LogP contribution in [0.15, 0.2) is 53.0 Å². The van der Waals surface area contributed by atoms with Gasteiger partial charge in [0.25, 0.3) is 0 Å². The molecule has 2 nitrogen and oxygen atoms in total. The lowest BCUT2D eigenvalue weighted by Crippen LogP contribution is -2.26. The van der Waals surface area contributed by atoms with Gasteiger partial charge in [-0.2, -0.15) is 0 Å². The maximum atomic E-state index is 12.2. The normalized spacial score (nSPS) is 10.4. The van der Waals surface area contributed by atoms with E-state index < -0.39 is 0 Å². The summed E-state index contributed by atoms with van der Waals surface area (Å²) in [5, 5.41) is 0.711. The number of amides is 1. The van der Waals surface area contributed by atoms with Gasteiger partial charge in [-0.3, -0.25) is 4.79 Å². The highest BCUT2D eigenvalue weighted by Gasteiger charge is 2.09. The quantitative estimate of drug-likeness (QED) is 0.751. The Morgan fingerprint density at radius 2 is 1.86 bits per heavy atom. The highest BCUT2D eigenvalue weighted by Crippen LogP contribution is 2.14. The van der Waals surface area contributed by atoms with Crippen molar-refractivity contribution in [3.63, 3.8) is 0 Å². The second kappa shape index (κ2) is 7.62. The fourth-order valence-electron chi connectivity index (χ4n) is 2.09. The smallest absolute Gasteiger partial charge is 0.222 e. The molecule has 0 N–H and O–H groups in total. The van der Waals surface area contributed by atoms with Crippen molar-refractivity contribution in [1.82, 2.24) is 4.90 Å². The molecule has 0 aromatic heterocycles. The predicted molar refractivity (Wildman–Crippen MR) is 90.4 cm³/mol. The van der Waals surface area contributed by atoms with E-state index in [0.717, 1.165) is 22.0 Å². The molecule has 0 aliphatic carbocycles. The molecule has 0 saturated carbocycles. The molecule has 0 heterocycles. The molecule has 0 spiro atoms. The van der Waals surface area contributed by atoms with Crippen LogP contribution in [0.25, 0.3) is 0 Å². The molecule has 0 fully saturated rings. The second-order valence-corrected chi connectivity index (χ2v) is 6.36. The first kappa shape index (κ1) is 16.1. The van der Waals surface area contributed by atoms with E-state index in [-0.39, 0.29) is 5.91 Å². The first-order valence-electron chi connectivity index (χ1n) is 6.77. The number of halogens is 2. The molecule has 0 aliphatic rings. The fourth-order valence-corrected chi connectivity index (χ4v) is 2.66. The summed E-state index contributed by atoms with van der Waals surface area (Å²) < 4.78 is 1.04. The maximum absolute atomic E-state index is 12.2. The second-order valence-electron chi connectivity index (χ2n) is 5.01. The van der Waals surface area contributed by atoms with Crippen molar-refractivity contribution in [3.8, 4) is 0 Å². The summed E-state index contributed by atoms with van der Waals surface area (Å²) in [5.41, 5.74) is 2.25. The molecule has 0 unspecified atom stereocenters.